The number of methoxy groups -OCH3 is 1. The third-order valence-corrected chi connectivity index (χ3v) is 5.32. The molecule has 1 heterocycles. The second kappa shape index (κ2) is 9.87. The second-order valence-electron chi connectivity index (χ2n) is 6.21. The van der Waals surface area contributed by atoms with Gasteiger partial charge in [0, 0.05) is 11.3 Å². The Kier molecular flexibility index (Phi) is 7.22. The summed E-state index contributed by atoms with van der Waals surface area (Å²) in [5.41, 5.74) is 6.21. The first kappa shape index (κ1) is 22.7. The number of nitrogens with two attached hydrogens (primary N) is 1. The number of amides is 1. The number of halogens is 3. The lowest BCUT2D eigenvalue weighted by atomic mass is 10.1. The van der Waals surface area contributed by atoms with E-state index in [9.17, 15) is 9.59 Å². The monoisotopic (exact) mass is 479 g/mol. The number of rotatable bonds is 6. The Morgan fingerprint density at radius 3 is 2.26 bits per heavy atom. The van der Waals surface area contributed by atoms with Gasteiger partial charge in [0.15, 0.2) is 10.8 Å². The van der Waals surface area contributed by atoms with Crippen LogP contribution in [0.25, 0.3) is 0 Å². The normalized spacial score (nSPS) is 11.5. The average molecular weight is 481 g/mol. The van der Waals surface area contributed by atoms with E-state index in [1.165, 1.54) is 7.11 Å². The summed E-state index contributed by atoms with van der Waals surface area (Å²) in [4.78, 5) is 29.6. The maximum absolute atomic E-state index is 13.0. The number of aromatic nitrogens is 1. The van der Waals surface area contributed by atoms with Crippen LogP contribution in [0.2, 0.25) is 15.2 Å². The largest absolute Gasteiger partial charge is 0.497 e. The van der Waals surface area contributed by atoms with E-state index in [2.05, 4.69) is 10.3 Å². The molecule has 3 rings (SSSR count). The lowest BCUT2D eigenvalue weighted by Crippen LogP contribution is -2.26. The number of benzene rings is 2. The van der Waals surface area contributed by atoms with Crippen molar-refractivity contribution in [3.63, 3.8) is 0 Å². The molecule has 0 saturated heterocycles. The Bertz CT molecular complexity index is 1110. The van der Waals surface area contributed by atoms with Crippen molar-refractivity contribution in [2.24, 2.45) is 0 Å². The van der Waals surface area contributed by atoms with Crippen LogP contribution in [0.5, 0.6) is 5.75 Å². The fraction of sp³-hybridized carbons (Fsp3) is 0.0952. The van der Waals surface area contributed by atoms with Gasteiger partial charge in [0.1, 0.15) is 10.8 Å². The highest BCUT2D eigenvalue weighted by Gasteiger charge is 2.29. The molecule has 3 aromatic rings. The van der Waals surface area contributed by atoms with Crippen LogP contribution in [-0.2, 0) is 9.53 Å². The fourth-order valence-electron chi connectivity index (χ4n) is 2.61. The molecule has 31 heavy (non-hydrogen) atoms. The molecule has 1 aromatic heterocycles. The number of pyridine rings is 1. The zero-order valence-corrected chi connectivity index (χ0v) is 18.3. The van der Waals surface area contributed by atoms with E-state index in [0.29, 0.717) is 17.0 Å². The smallest absolute Gasteiger partial charge is 0.359 e. The fourth-order valence-corrected chi connectivity index (χ4v) is 3.20. The summed E-state index contributed by atoms with van der Waals surface area (Å²) in [7, 11) is 1.54. The van der Waals surface area contributed by atoms with E-state index in [4.69, 9.17) is 50.0 Å². The van der Waals surface area contributed by atoms with Crippen LogP contribution in [0, 0.1) is 0 Å². The van der Waals surface area contributed by atoms with Gasteiger partial charge in [0.05, 0.1) is 17.8 Å². The highest BCUT2D eigenvalue weighted by atomic mass is 35.5. The number of hydrogen-bond donors (Lipinski definition) is 2. The van der Waals surface area contributed by atoms with Crippen molar-refractivity contribution in [3.05, 3.63) is 81.1 Å². The SMILES string of the molecule is COc1ccc(NC(=O)C(OC(=O)c2nc(Cl)c(Cl)c(N)c2Cl)c2ccccc2)cc1. The maximum atomic E-state index is 13.0. The molecule has 1 amide bonds. The average Bonchev–Trinajstić information content (AvgIpc) is 2.79. The zero-order valence-electron chi connectivity index (χ0n) is 16.1. The summed E-state index contributed by atoms with van der Waals surface area (Å²) < 4.78 is 10.6. The second-order valence-corrected chi connectivity index (χ2v) is 7.32. The predicted octanol–water partition coefficient (Wildman–Crippen LogP) is 5.17. The highest BCUT2D eigenvalue weighted by Crippen LogP contribution is 2.35. The Morgan fingerprint density at radius 1 is 1.00 bits per heavy atom. The molecule has 1 unspecified atom stereocenters. The molecule has 7 nitrogen and oxygen atoms in total. The van der Waals surface area contributed by atoms with E-state index >= 15 is 0 Å². The number of nitrogens with zero attached hydrogens (tertiary/aromatic N) is 1. The van der Waals surface area contributed by atoms with Gasteiger partial charge in [-0.25, -0.2) is 9.78 Å². The molecule has 0 bridgehead atoms. The summed E-state index contributed by atoms with van der Waals surface area (Å²) in [6.45, 7) is 0. The molecule has 0 fully saturated rings. The number of nitrogen functional groups attached to an aromatic ring is 1. The summed E-state index contributed by atoms with van der Waals surface area (Å²) in [6.07, 6.45) is -1.30. The predicted molar refractivity (Wildman–Crippen MR) is 120 cm³/mol. The first-order valence-corrected chi connectivity index (χ1v) is 9.96. The Hall–Kier alpha value is -3.00. The summed E-state index contributed by atoms with van der Waals surface area (Å²) >= 11 is 17.9. The van der Waals surface area contributed by atoms with Crippen LogP contribution >= 0.6 is 34.8 Å². The summed E-state index contributed by atoms with van der Waals surface area (Å²) in [5, 5.41) is 2.18. The van der Waals surface area contributed by atoms with Crippen LogP contribution in [0.1, 0.15) is 22.2 Å². The van der Waals surface area contributed by atoms with Gasteiger partial charge in [-0.3, -0.25) is 4.79 Å². The van der Waals surface area contributed by atoms with E-state index in [1.54, 1.807) is 54.6 Å². The molecular formula is C21H16Cl3N3O4. The topological polar surface area (TPSA) is 104 Å². The van der Waals surface area contributed by atoms with Crippen LogP contribution in [0.15, 0.2) is 54.6 Å². The summed E-state index contributed by atoms with van der Waals surface area (Å²) in [6, 6.07) is 15.1. The van der Waals surface area contributed by atoms with Gasteiger partial charge >= 0.3 is 5.97 Å². The number of carbonyl (C=O) groups is 2. The Morgan fingerprint density at radius 2 is 1.65 bits per heavy atom. The van der Waals surface area contributed by atoms with Gasteiger partial charge in [0.25, 0.3) is 5.91 Å². The molecule has 0 spiro atoms. The molecule has 0 aliphatic heterocycles. The number of anilines is 2. The molecule has 10 heteroatoms. The number of esters is 1. The lowest BCUT2D eigenvalue weighted by molar-refractivity contribution is -0.125. The highest BCUT2D eigenvalue weighted by molar-refractivity contribution is 6.46. The van der Waals surface area contributed by atoms with Crippen molar-refractivity contribution in [1.29, 1.82) is 0 Å². The molecule has 2 aromatic carbocycles. The number of ether oxygens (including phenoxy) is 2. The van der Waals surface area contributed by atoms with Crippen molar-refractivity contribution < 1.29 is 19.1 Å². The molecule has 0 aliphatic rings. The minimum Gasteiger partial charge on any atom is -0.497 e. The molecular weight excluding hydrogens is 465 g/mol. The van der Waals surface area contributed by atoms with Gasteiger partial charge in [-0.05, 0) is 24.3 Å². The quantitative estimate of drug-likeness (QED) is 0.373. The number of nitrogens with one attached hydrogen (secondary N) is 1. The molecule has 0 aliphatic carbocycles. The molecule has 1 atom stereocenters. The van der Waals surface area contributed by atoms with Gasteiger partial charge in [-0.15, -0.1) is 0 Å². The molecule has 3 N–H and O–H groups in total. The standard InChI is InChI=1S/C21H16Cl3N3O4/c1-30-13-9-7-12(8-10-13)26-20(28)18(11-5-3-2-4-6-11)31-21(29)17-14(22)16(25)15(23)19(24)27-17/h2-10,18H,1H3,(H2,25,27)(H,26,28). The van der Waals surface area contributed by atoms with Crippen LogP contribution in [-0.4, -0.2) is 24.0 Å². The van der Waals surface area contributed by atoms with Crippen LogP contribution < -0.4 is 15.8 Å². The van der Waals surface area contributed by atoms with Crippen molar-refractivity contribution in [2.45, 2.75) is 6.10 Å². The van der Waals surface area contributed by atoms with Crippen molar-refractivity contribution in [2.75, 3.05) is 18.2 Å². The third-order valence-electron chi connectivity index (χ3n) is 4.19. The van der Waals surface area contributed by atoms with Gasteiger partial charge in [0.2, 0.25) is 6.10 Å². The zero-order chi connectivity index (χ0) is 22.5. The van der Waals surface area contributed by atoms with Gasteiger partial charge < -0.3 is 20.5 Å². The lowest BCUT2D eigenvalue weighted by Gasteiger charge is -2.19. The number of carbonyl (C=O) groups excluding carboxylic acids is 2. The molecule has 0 saturated carbocycles. The molecule has 160 valence electrons. The first-order chi connectivity index (χ1) is 14.8. The summed E-state index contributed by atoms with van der Waals surface area (Å²) in [5.74, 6) is -0.954. The Labute approximate surface area is 193 Å². The van der Waals surface area contributed by atoms with E-state index in [0.717, 1.165) is 0 Å². The van der Waals surface area contributed by atoms with Crippen LogP contribution in [0.3, 0.4) is 0 Å². The van der Waals surface area contributed by atoms with Crippen LogP contribution in [0.4, 0.5) is 11.4 Å². The van der Waals surface area contributed by atoms with E-state index in [-0.39, 0.29) is 26.6 Å². The van der Waals surface area contributed by atoms with Crippen molar-refractivity contribution in [3.8, 4) is 5.75 Å². The van der Waals surface area contributed by atoms with Gasteiger partial charge in [-0.2, -0.15) is 0 Å². The van der Waals surface area contributed by atoms with Crippen molar-refractivity contribution >= 4 is 58.1 Å². The van der Waals surface area contributed by atoms with E-state index < -0.39 is 18.0 Å². The van der Waals surface area contributed by atoms with Gasteiger partial charge in [-0.1, -0.05) is 65.1 Å². The minimum atomic E-state index is -1.30. The van der Waals surface area contributed by atoms with E-state index in [1.807, 2.05) is 0 Å². The molecule has 0 radical (unpaired) electrons. The maximum Gasteiger partial charge on any atom is 0.359 e. The minimum absolute atomic E-state index is 0.0833. The first-order valence-electron chi connectivity index (χ1n) is 8.82. The Balaban J connectivity index is 1.89. The van der Waals surface area contributed by atoms with Crippen molar-refractivity contribution in [1.82, 2.24) is 4.98 Å². The third kappa shape index (κ3) is 5.19. The number of hydrogen-bond acceptors (Lipinski definition) is 6.